The van der Waals surface area contributed by atoms with Crippen molar-refractivity contribution < 1.29 is 14.7 Å². The average Bonchev–Trinajstić information content (AvgIpc) is 2.45. The summed E-state index contributed by atoms with van der Waals surface area (Å²) in [4.78, 5) is 28.7. The van der Waals surface area contributed by atoms with Crippen LogP contribution < -0.4 is 5.32 Å². The van der Waals surface area contributed by atoms with E-state index in [-0.39, 0.29) is 25.0 Å². The fraction of sp³-hybridized carbons (Fsp3) is 0.357. The Morgan fingerprint density at radius 3 is 2.85 bits per heavy atom. The lowest BCUT2D eigenvalue weighted by atomic mass is 10.1. The van der Waals surface area contributed by atoms with Crippen LogP contribution in [0.1, 0.15) is 22.3 Å². The number of hydrogen-bond acceptors (Lipinski definition) is 4. The number of carbonyl (C=O) groups excluding carboxylic acids is 2. The molecule has 0 aromatic carbocycles. The zero-order valence-corrected chi connectivity index (χ0v) is 11.5. The van der Waals surface area contributed by atoms with E-state index in [1.54, 1.807) is 20.2 Å². The number of likely N-dealkylation sites (N-methyl/N-ethyl adjacent to an activating group) is 1. The van der Waals surface area contributed by atoms with E-state index in [1.807, 2.05) is 0 Å². The van der Waals surface area contributed by atoms with Crippen molar-refractivity contribution in [2.75, 3.05) is 27.2 Å². The van der Waals surface area contributed by atoms with Crippen molar-refractivity contribution in [2.45, 2.75) is 6.42 Å². The highest BCUT2D eigenvalue weighted by atomic mass is 16.2. The number of pyridine rings is 1. The maximum Gasteiger partial charge on any atom is 0.253 e. The smallest absolute Gasteiger partial charge is 0.253 e. The van der Waals surface area contributed by atoms with E-state index in [1.165, 1.54) is 17.3 Å². The number of carbonyl (C=O) groups is 2. The standard InChI is InChI=1S/C14H17N3O3/c1-17(2)13(19)10-16-14(20)12-6-7-15-9-11(12)5-3-4-8-18/h6-7,9,18H,4,8,10H2,1-2H3,(H,16,20). The fourth-order valence-corrected chi connectivity index (χ4v) is 1.31. The molecule has 2 amide bonds. The molecule has 0 spiro atoms. The number of aliphatic hydroxyl groups is 1. The molecule has 0 aliphatic carbocycles. The Morgan fingerprint density at radius 2 is 2.20 bits per heavy atom. The van der Waals surface area contributed by atoms with E-state index in [2.05, 4.69) is 22.1 Å². The van der Waals surface area contributed by atoms with Crippen molar-refractivity contribution in [3.05, 3.63) is 29.6 Å². The molecule has 0 saturated carbocycles. The summed E-state index contributed by atoms with van der Waals surface area (Å²) in [6.45, 7) is -0.107. The zero-order chi connectivity index (χ0) is 15.0. The molecule has 0 radical (unpaired) electrons. The maximum absolute atomic E-state index is 12.0. The van der Waals surface area contributed by atoms with E-state index >= 15 is 0 Å². The average molecular weight is 275 g/mol. The van der Waals surface area contributed by atoms with Crippen LogP contribution >= 0.6 is 0 Å². The number of nitrogens with one attached hydrogen (secondary N) is 1. The Kier molecular flexibility index (Phi) is 6.20. The third-order valence-corrected chi connectivity index (χ3v) is 2.42. The molecular formula is C14H17N3O3. The molecule has 0 unspecified atom stereocenters. The molecule has 20 heavy (non-hydrogen) atoms. The van der Waals surface area contributed by atoms with Crippen molar-refractivity contribution in [1.29, 1.82) is 0 Å². The third-order valence-electron chi connectivity index (χ3n) is 2.42. The van der Waals surface area contributed by atoms with Gasteiger partial charge in [-0.15, -0.1) is 0 Å². The summed E-state index contributed by atoms with van der Waals surface area (Å²) in [6.07, 6.45) is 3.29. The van der Waals surface area contributed by atoms with Gasteiger partial charge in [0.2, 0.25) is 5.91 Å². The lowest BCUT2D eigenvalue weighted by molar-refractivity contribution is -0.127. The van der Waals surface area contributed by atoms with Crippen LogP contribution in [0.15, 0.2) is 18.5 Å². The quantitative estimate of drug-likeness (QED) is 0.735. The first-order chi connectivity index (χ1) is 9.56. The predicted molar refractivity (Wildman–Crippen MR) is 73.8 cm³/mol. The second-order valence-corrected chi connectivity index (χ2v) is 4.17. The summed E-state index contributed by atoms with van der Waals surface area (Å²) in [5.74, 6) is 4.94. The Balaban J connectivity index is 2.78. The van der Waals surface area contributed by atoms with E-state index in [4.69, 9.17) is 5.11 Å². The number of aromatic nitrogens is 1. The lowest BCUT2D eigenvalue weighted by Gasteiger charge is -2.11. The molecule has 1 aromatic rings. The van der Waals surface area contributed by atoms with Gasteiger partial charge in [0.15, 0.2) is 0 Å². The highest BCUT2D eigenvalue weighted by molar-refractivity contribution is 5.98. The molecular weight excluding hydrogens is 258 g/mol. The molecule has 0 fully saturated rings. The van der Waals surface area contributed by atoms with Crippen LogP contribution in [0.25, 0.3) is 0 Å². The van der Waals surface area contributed by atoms with E-state index in [9.17, 15) is 9.59 Å². The van der Waals surface area contributed by atoms with E-state index in [0.29, 0.717) is 17.5 Å². The summed E-state index contributed by atoms with van der Waals surface area (Å²) >= 11 is 0. The molecule has 1 heterocycles. The SMILES string of the molecule is CN(C)C(=O)CNC(=O)c1ccncc1C#CCCO. The molecule has 6 heteroatoms. The minimum atomic E-state index is -0.379. The van der Waals surface area contributed by atoms with Crippen molar-refractivity contribution >= 4 is 11.8 Å². The third kappa shape index (κ3) is 4.71. The number of aliphatic hydroxyl groups excluding tert-OH is 1. The van der Waals surface area contributed by atoms with Crippen LogP contribution in [-0.4, -0.2) is 54.1 Å². The van der Waals surface area contributed by atoms with Gasteiger partial charge in [-0.1, -0.05) is 11.8 Å². The van der Waals surface area contributed by atoms with E-state index in [0.717, 1.165) is 0 Å². The van der Waals surface area contributed by atoms with Crippen molar-refractivity contribution in [2.24, 2.45) is 0 Å². The van der Waals surface area contributed by atoms with Crippen molar-refractivity contribution in [3.63, 3.8) is 0 Å². The van der Waals surface area contributed by atoms with Crippen molar-refractivity contribution in [1.82, 2.24) is 15.2 Å². The summed E-state index contributed by atoms with van der Waals surface area (Å²) in [7, 11) is 3.24. The van der Waals surface area contributed by atoms with Gasteiger partial charge in [0.1, 0.15) is 0 Å². The molecule has 0 aliphatic rings. The van der Waals surface area contributed by atoms with Gasteiger partial charge in [-0.2, -0.15) is 0 Å². The number of nitrogens with zero attached hydrogens (tertiary/aromatic N) is 2. The second-order valence-electron chi connectivity index (χ2n) is 4.17. The lowest BCUT2D eigenvalue weighted by Crippen LogP contribution is -2.36. The predicted octanol–water partition coefficient (Wildman–Crippen LogP) is -0.367. The van der Waals surface area contributed by atoms with Gasteiger partial charge in [-0.25, -0.2) is 0 Å². The topological polar surface area (TPSA) is 82.5 Å². The van der Waals surface area contributed by atoms with Gasteiger partial charge in [0.05, 0.1) is 24.3 Å². The van der Waals surface area contributed by atoms with Crippen LogP contribution in [0.2, 0.25) is 0 Å². The first kappa shape index (κ1) is 15.7. The second kappa shape index (κ2) is 7.92. The molecule has 0 atom stereocenters. The number of rotatable bonds is 4. The Hall–Kier alpha value is -2.39. The number of hydrogen-bond donors (Lipinski definition) is 2. The largest absolute Gasteiger partial charge is 0.395 e. The van der Waals surface area contributed by atoms with Gasteiger partial charge < -0.3 is 15.3 Å². The van der Waals surface area contributed by atoms with E-state index < -0.39 is 0 Å². The normalized spacial score (nSPS) is 9.35. The highest BCUT2D eigenvalue weighted by Gasteiger charge is 2.12. The van der Waals surface area contributed by atoms with Crippen LogP contribution in [0.3, 0.4) is 0 Å². The molecule has 1 rings (SSSR count). The molecule has 1 aromatic heterocycles. The number of amides is 2. The molecule has 6 nitrogen and oxygen atoms in total. The van der Waals surface area contributed by atoms with Gasteiger partial charge >= 0.3 is 0 Å². The van der Waals surface area contributed by atoms with Crippen LogP contribution in [0.5, 0.6) is 0 Å². The fourth-order valence-electron chi connectivity index (χ4n) is 1.31. The first-order valence-corrected chi connectivity index (χ1v) is 6.08. The maximum atomic E-state index is 12.0. The van der Waals surface area contributed by atoms with Gasteiger partial charge in [-0.05, 0) is 6.07 Å². The summed E-state index contributed by atoms with van der Waals surface area (Å²) in [5, 5.41) is 11.2. The highest BCUT2D eigenvalue weighted by Crippen LogP contribution is 2.05. The Bertz CT molecular complexity index is 544. The molecule has 0 saturated heterocycles. The van der Waals surface area contributed by atoms with Gasteiger partial charge in [-0.3, -0.25) is 14.6 Å². The zero-order valence-electron chi connectivity index (χ0n) is 11.5. The first-order valence-electron chi connectivity index (χ1n) is 6.08. The monoisotopic (exact) mass is 275 g/mol. The van der Waals surface area contributed by atoms with Crippen LogP contribution in [0, 0.1) is 11.8 Å². The molecule has 2 N–H and O–H groups in total. The van der Waals surface area contributed by atoms with Gasteiger partial charge in [0.25, 0.3) is 5.91 Å². The minimum absolute atomic E-state index is 0.0356. The summed E-state index contributed by atoms with van der Waals surface area (Å²) in [6, 6.07) is 1.54. The molecule has 0 bridgehead atoms. The summed E-state index contributed by atoms with van der Waals surface area (Å²) in [5.41, 5.74) is 0.827. The van der Waals surface area contributed by atoms with Crippen molar-refractivity contribution in [3.8, 4) is 11.8 Å². The summed E-state index contributed by atoms with van der Waals surface area (Å²) < 4.78 is 0. The Morgan fingerprint density at radius 1 is 1.45 bits per heavy atom. The van der Waals surface area contributed by atoms with Gasteiger partial charge in [0, 0.05) is 32.9 Å². The molecule has 106 valence electrons. The Labute approximate surface area is 117 Å². The minimum Gasteiger partial charge on any atom is -0.395 e. The van der Waals surface area contributed by atoms with Crippen LogP contribution in [0.4, 0.5) is 0 Å². The molecule has 0 aliphatic heterocycles. The van der Waals surface area contributed by atoms with Crippen LogP contribution in [-0.2, 0) is 4.79 Å².